The topological polar surface area (TPSA) is 92.5 Å². The van der Waals surface area contributed by atoms with E-state index in [-0.39, 0.29) is 30.7 Å². The quantitative estimate of drug-likeness (QED) is 0.749. The third kappa shape index (κ3) is 5.35. The molecule has 6 nitrogen and oxygen atoms in total. The molecular weight excluding hydrogens is 314 g/mol. The molecule has 0 aromatic carbocycles. The van der Waals surface area contributed by atoms with Gasteiger partial charge in [0.25, 0.3) is 0 Å². The molecule has 1 aromatic rings. The maximum atomic E-state index is 12.8. The van der Waals surface area contributed by atoms with E-state index in [4.69, 9.17) is 5.73 Å². The van der Waals surface area contributed by atoms with Gasteiger partial charge >= 0.3 is 0 Å². The molecule has 0 bridgehead atoms. The molecule has 0 unspecified atom stereocenters. The number of carbonyl (C=O) groups is 3. The Bertz CT molecular complexity index is 595. The largest absolute Gasteiger partial charge is 0.370 e. The Morgan fingerprint density at radius 2 is 2.09 bits per heavy atom. The Hall–Kier alpha value is -1.89. The summed E-state index contributed by atoms with van der Waals surface area (Å²) in [6.07, 6.45) is 2.28. The van der Waals surface area contributed by atoms with E-state index in [1.54, 1.807) is 11.3 Å². The standard InChI is InChI=1S/C16H23N3O3S/c1-10-3-6-13(23-10)9-19(12-4-5-12)16(22)14(18-11(2)20)7-8-15(17)21/h3,6,12,14H,4-5,7-9H2,1-2H3,(H2,17,21)(H,18,20)/t14-/m0/s1. The molecule has 0 spiro atoms. The van der Waals surface area contributed by atoms with Crippen molar-refractivity contribution in [3.8, 4) is 0 Å². The van der Waals surface area contributed by atoms with Gasteiger partial charge in [0.2, 0.25) is 17.7 Å². The second-order valence-electron chi connectivity index (χ2n) is 5.97. The van der Waals surface area contributed by atoms with Crippen molar-refractivity contribution in [2.24, 2.45) is 5.73 Å². The van der Waals surface area contributed by atoms with Crippen LogP contribution in [-0.2, 0) is 20.9 Å². The van der Waals surface area contributed by atoms with Gasteiger partial charge in [0.1, 0.15) is 6.04 Å². The summed E-state index contributed by atoms with van der Waals surface area (Å²) in [5.74, 6) is -0.884. The number of hydrogen-bond acceptors (Lipinski definition) is 4. The first-order valence-electron chi connectivity index (χ1n) is 7.78. The fraction of sp³-hybridized carbons (Fsp3) is 0.562. The molecule has 3 N–H and O–H groups in total. The highest BCUT2D eigenvalue weighted by Gasteiger charge is 2.36. The Morgan fingerprint density at radius 3 is 2.57 bits per heavy atom. The minimum atomic E-state index is -0.693. The number of carbonyl (C=O) groups excluding carboxylic acids is 3. The summed E-state index contributed by atoms with van der Waals surface area (Å²) in [7, 11) is 0. The molecule has 0 aliphatic heterocycles. The molecule has 1 aliphatic carbocycles. The zero-order valence-electron chi connectivity index (χ0n) is 13.5. The number of rotatable bonds is 8. The maximum absolute atomic E-state index is 12.8. The number of nitrogens with two attached hydrogens (primary N) is 1. The van der Waals surface area contributed by atoms with E-state index >= 15 is 0 Å². The summed E-state index contributed by atoms with van der Waals surface area (Å²) >= 11 is 1.67. The van der Waals surface area contributed by atoms with E-state index in [0.29, 0.717) is 6.54 Å². The van der Waals surface area contributed by atoms with Crippen molar-refractivity contribution in [3.05, 3.63) is 21.9 Å². The average Bonchev–Trinajstić information content (AvgIpc) is 3.22. The lowest BCUT2D eigenvalue weighted by Gasteiger charge is -2.27. The molecule has 7 heteroatoms. The van der Waals surface area contributed by atoms with E-state index < -0.39 is 11.9 Å². The Kier molecular flexibility index (Phi) is 5.76. The van der Waals surface area contributed by atoms with Crippen LogP contribution in [0.1, 0.15) is 42.4 Å². The Balaban J connectivity index is 2.09. The molecule has 1 heterocycles. The van der Waals surface area contributed by atoms with Crippen molar-refractivity contribution in [2.45, 2.75) is 58.2 Å². The minimum Gasteiger partial charge on any atom is -0.370 e. The molecule has 1 fully saturated rings. The zero-order valence-corrected chi connectivity index (χ0v) is 14.3. The van der Waals surface area contributed by atoms with Gasteiger partial charge in [-0.15, -0.1) is 11.3 Å². The van der Waals surface area contributed by atoms with Gasteiger partial charge in [-0.3, -0.25) is 14.4 Å². The van der Waals surface area contributed by atoms with Crippen LogP contribution in [-0.4, -0.2) is 34.7 Å². The van der Waals surface area contributed by atoms with E-state index in [1.807, 2.05) is 24.0 Å². The van der Waals surface area contributed by atoms with Gasteiger partial charge in [0.05, 0.1) is 6.54 Å². The van der Waals surface area contributed by atoms with Crippen LogP contribution in [0.3, 0.4) is 0 Å². The number of primary amides is 1. The smallest absolute Gasteiger partial charge is 0.245 e. The minimum absolute atomic E-state index is 0.0767. The molecule has 1 saturated carbocycles. The number of aryl methyl sites for hydroxylation is 1. The first-order chi connectivity index (χ1) is 10.9. The van der Waals surface area contributed by atoms with Crippen LogP contribution in [0.4, 0.5) is 0 Å². The molecule has 126 valence electrons. The normalized spacial score (nSPS) is 15.0. The molecule has 1 aromatic heterocycles. The number of hydrogen-bond donors (Lipinski definition) is 2. The van der Waals surface area contributed by atoms with Crippen LogP contribution in [0.15, 0.2) is 12.1 Å². The lowest BCUT2D eigenvalue weighted by Crippen LogP contribution is -2.48. The first-order valence-corrected chi connectivity index (χ1v) is 8.59. The van der Waals surface area contributed by atoms with Gasteiger partial charge in [-0.1, -0.05) is 0 Å². The highest BCUT2D eigenvalue weighted by atomic mass is 32.1. The van der Waals surface area contributed by atoms with E-state index in [0.717, 1.165) is 17.7 Å². The van der Waals surface area contributed by atoms with Crippen LogP contribution in [0.5, 0.6) is 0 Å². The molecule has 2 rings (SSSR count). The highest BCUT2D eigenvalue weighted by molar-refractivity contribution is 7.11. The zero-order chi connectivity index (χ0) is 17.0. The van der Waals surface area contributed by atoms with Crippen molar-refractivity contribution in [1.82, 2.24) is 10.2 Å². The fourth-order valence-corrected chi connectivity index (χ4v) is 3.39. The third-order valence-electron chi connectivity index (χ3n) is 3.75. The van der Waals surface area contributed by atoms with E-state index in [2.05, 4.69) is 5.32 Å². The number of nitrogens with one attached hydrogen (secondary N) is 1. The SMILES string of the molecule is CC(=O)N[C@@H](CCC(N)=O)C(=O)N(Cc1ccc(C)s1)C1CC1. The lowest BCUT2D eigenvalue weighted by atomic mass is 10.1. The van der Waals surface area contributed by atoms with Gasteiger partial charge in [-0.05, 0) is 38.3 Å². The second-order valence-corrected chi connectivity index (χ2v) is 7.34. The van der Waals surface area contributed by atoms with Gasteiger partial charge in [-0.25, -0.2) is 0 Å². The number of nitrogens with zero attached hydrogens (tertiary/aromatic N) is 1. The summed E-state index contributed by atoms with van der Waals surface area (Å²) in [5, 5.41) is 2.65. The van der Waals surface area contributed by atoms with Crippen molar-refractivity contribution < 1.29 is 14.4 Å². The maximum Gasteiger partial charge on any atom is 0.245 e. The van der Waals surface area contributed by atoms with E-state index in [1.165, 1.54) is 11.8 Å². The molecular formula is C16H23N3O3S. The summed E-state index contributed by atoms with van der Waals surface area (Å²) in [5.41, 5.74) is 5.17. The summed E-state index contributed by atoms with van der Waals surface area (Å²) in [6, 6.07) is 3.60. The lowest BCUT2D eigenvalue weighted by molar-refractivity contribution is -0.137. The molecule has 1 aliphatic rings. The summed E-state index contributed by atoms with van der Waals surface area (Å²) in [4.78, 5) is 39.4. The van der Waals surface area contributed by atoms with Crippen LogP contribution < -0.4 is 11.1 Å². The second kappa shape index (κ2) is 7.59. The third-order valence-corrected chi connectivity index (χ3v) is 4.73. The highest BCUT2D eigenvalue weighted by Crippen LogP contribution is 2.30. The average molecular weight is 337 g/mol. The summed E-state index contributed by atoms with van der Waals surface area (Å²) < 4.78 is 0. The Labute approximate surface area is 140 Å². The van der Waals surface area contributed by atoms with Crippen LogP contribution in [0, 0.1) is 6.92 Å². The van der Waals surface area contributed by atoms with E-state index in [9.17, 15) is 14.4 Å². The van der Waals surface area contributed by atoms with Crippen molar-refractivity contribution in [2.75, 3.05) is 0 Å². The number of amides is 3. The Morgan fingerprint density at radius 1 is 1.39 bits per heavy atom. The van der Waals surface area contributed by atoms with Crippen LogP contribution in [0.2, 0.25) is 0 Å². The van der Waals surface area contributed by atoms with Crippen LogP contribution >= 0.6 is 11.3 Å². The van der Waals surface area contributed by atoms with Crippen molar-refractivity contribution >= 4 is 29.1 Å². The van der Waals surface area contributed by atoms with Gasteiger partial charge in [0.15, 0.2) is 0 Å². The molecule has 3 amide bonds. The predicted molar refractivity (Wildman–Crippen MR) is 88.7 cm³/mol. The van der Waals surface area contributed by atoms with Gasteiger partial charge in [0, 0.05) is 29.1 Å². The molecule has 0 saturated heterocycles. The number of thiophene rings is 1. The first kappa shape index (κ1) is 17.5. The van der Waals surface area contributed by atoms with Crippen LogP contribution in [0.25, 0.3) is 0 Å². The predicted octanol–water partition coefficient (Wildman–Crippen LogP) is 1.32. The molecule has 0 radical (unpaired) electrons. The molecule has 23 heavy (non-hydrogen) atoms. The fourth-order valence-electron chi connectivity index (χ4n) is 2.50. The van der Waals surface area contributed by atoms with Gasteiger partial charge in [-0.2, -0.15) is 0 Å². The molecule has 1 atom stereocenters. The van der Waals surface area contributed by atoms with Crippen molar-refractivity contribution in [3.63, 3.8) is 0 Å². The summed E-state index contributed by atoms with van der Waals surface area (Å²) in [6.45, 7) is 3.95. The van der Waals surface area contributed by atoms with Crippen molar-refractivity contribution in [1.29, 1.82) is 0 Å². The van der Waals surface area contributed by atoms with Gasteiger partial charge < -0.3 is 16.0 Å². The monoisotopic (exact) mass is 337 g/mol.